The Hall–Kier alpha value is -1.27. The molecule has 0 aromatic carbocycles. The van der Waals surface area contributed by atoms with Gasteiger partial charge in [0.25, 0.3) is 0 Å². The van der Waals surface area contributed by atoms with Crippen molar-refractivity contribution in [3.8, 4) is 0 Å². The van der Waals surface area contributed by atoms with E-state index in [1.54, 1.807) is 0 Å². The maximum absolute atomic E-state index is 12.2. The Balaban J connectivity index is 2.66. The van der Waals surface area contributed by atoms with Crippen molar-refractivity contribution in [2.24, 2.45) is 29.2 Å². The van der Waals surface area contributed by atoms with E-state index in [1.165, 1.54) is 0 Å². The molecule has 1 saturated carbocycles. The zero-order valence-corrected chi connectivity index (χ0v) is 9.87. The van der Waals surface area contributed by atoms with Gasteiger partial charge in [-0.25, -0.2) is 0 Å². The molecule has 2 amide bonds. The van der Waals surface area contributed by atoms with Crippen molar-refractivity contribution < 1.29 is 22.8 Å². The van der Waals surface area contributed by atoms with Crippen molar-refractivity contribution in [2.45, 2.75) is 38.3 Å². The first-order valence-electron chi connectivity index (χ1n) is 5.86. The summed E-state index contributed by atoms with van der Waals surface area (Å²) in [5.41, 5.74) is 10.2. The normalized spacial score (nSPS) is 19.3. The molecule has 18 heavy (non-hydrogen) atoms. The smallest absolute Gasteiger partial charge is 0.369 e. The summed E-state index contributed by atoms with van der Waals surface area (Å²) in [4.78, 5) is 22.5. The predicted octanol–water partition coefficient (Wildman–Crippen LogP) is 1.33. The molecule has 0 spiro atoms. The molecular weight excluding hydrogens is 249 g/mol. The minimum Gasteiger partial charge on any atom is -0.369 e. The van der Waals surface area contributed by atoms with E-state index in [0.717, 1.165) is 12.8 Å². The van der Waals surface area contributed by atoms with Crippen molar-refractivity contribution in [2.75, 3.05) is 0 Å². The minimum absolute atomic E-state index is 0.287. The van der Waals surface area contributed by atoms with Gasteiger partial charge in [0.15, 0.2) is 0 Å². The van der Waals surface area contributed by atoms with E-state index in [2.05, 4.69) is 0 Å². The molecule has 1 rings (SSSR count). The van der Waals surface area contributed by atoms with Gasteiger partial charge in [-0.05, 0) is 18.8 Å². The maximum Gasteiger partial charge on any atom is 0.389 e. The zero-order valence-electron chi connectivity index (χ0n) is 9.87. The molecule has 0 aromatic rings. The van der Waals surface area contributed by atoms with Gasteiger partial charge in [0.1, 0.15) is 0 Å². The molecule has 1 fully saturated rings. The van der Waals surface area contributed by atoms with E-state index in [0.29, 0.717) is 6.42 Å². The average molecular weight is 266 g/mol. The van der Waals surface area contributed by atoms with Gasteiger partial charge in [-0.2, -0.15) is 13.2 Å². The molecule has 4 nitrogen and oxygen atoms in total. The molecular formula is C11H17F3N2O2. The summed E-state index contributed by atoms with van der Waals surface area (Å²) < 4.78 is 36.5. The first kappa shape index (κ1) is 14.8. The number of rotatable bonds is 7. The quantitative estimate of drug-likeness (QED) is 0.728. The van der Waals surface area contributed by atoms with Gasteiger partial charge in [0.05, 0.1) is 0 Å². The monoisotopic (exact) mass is 266 g/mol. The highest BCUT2D eigenvalue weighted by Gasteiger charge is 2.38. The van der Waals surface area contributed by atoms with Crippen molar-refractivity contribution in [1.29, 1.82) is 0 Å². The van der Waals surface area contributed by atoms with Gasteiger partial charge in [-0.1, -0.05) is 12.8 Å². The minimum atomic E-state index is -4.37. The molecule has 0 aliphatic heterocycles. The van der Waals surface area contributed by atoms with Crippen LogP contribution in [0.2, 0.25) is 0 Å². The van der Waals surface area contributed by atoms with E-state index in [9.17, 15) is 22.8 Å². The highest BCUT2D eigenvalue weighted by atomic mass is 19.4. The summed E-state index contributed by atoms with van der Waals surface area (Å²) in [6.45, 7) is 0. The summed E-state index contributed by atoms with van der Waals surface area (Å²) in [5, 5.41) is 0. The summed E-state index contributed by atoms with van der Waals surface area (Å²) in [7, 11) is 0. The van der Waals surface area contributed by atoms with Gasteiger partial charge in [0.2, 0.25) is 11.8 Å². The second-order valence-corrected chi connectivity index (χ2v) is 4.85. The third-order valence-corrected chi connectivity index (χ3v) is 3.24. The van der Waals surface area contributed by atoms with Crippen LogP contribution >= 0.6 is 0 Å². The fourth-order valence-electron chi connectivity index (χ4n) is 2.05. The van der Waals surface area contributed by atoms with Crippen molar-refractivity contribution in [1.82, 2.24) is 0 Å². The Labute approximate surface area is 103 Å². The number of halogens is 3. The third kappa shape index (κ3) is 4.93. The summed E-state index contributed by atoms with van der Waals surface area (Å²) in [5.74, 6) is -3.34. The molecule has 1 aliphatic rings. The lowest BCUT2D eigenvalue weighted by atomic mass is 9.83. The van der Waals surface area contributed by atoms with Crippen LogP contribution in [0.4, 0.5) is 13.2 Å². The van der Waals surface area contributed by atoms with Gasteiger partial charge in [-0.15, -0.1) is 0 Å². The Morgan fingerprint density at radius 3 is 1.94 bits per heavy atom. The van der Waals surface area contributed by atoms with Crippen LogP contribution in [0.3, 0.4) is 0 Å². The largest absolute Gasteiger partial charge is 0.389 e. The molecule has 0 saturated heterocycles. The lowest BCUT2D eigenvalue weighted by Gasteiger charge is -2.22. The topological polar surface area (TPSA) is 86.2 Å². The number of hydrogen-bond acceptors (Lipinski definition) is 2. The van der Waals surface area contributed by atoms with Gasteiger partial charge in [0, 0.05) is 18.3 Å². The van der Waals surface area contributed by atoms with E-state index in [1.807, 2.05) is 0 Å². The highest BCUT2D eigenvalue weighted by molar-refractivity contribution is 5.86. The van der Waals surface area contributed by atoms with Crippen LogP contribution in [-0.4, -0.2) is 18.0 Å². The molecule has 2 atom stereocenters. The fourth-order valence-corrected chi connectivity index (χ4v) is 2.05. The maximum atomic E-state index is 12.2. The molecule has 4 N–H and O–H groups in total. The van der Waals surface area contributed by atoms with Crippen LogP contribution in [0, 0.1) is 17.8 Å². The number of alkyl halides is 3. The number of amides is 2. The number of carbonyl (C=O) groups is 2. The first-order chi connectivity index (χ1) is 8.20. The van der Waals surface area contributed by atoms with Crippen molar-refractivity contribution >= 4 is 11.8 Å². The zero-order chi connectivity index (χ0) is 13.9. The lowest BCUT2D eigenvalue weighted by molar-refractivity contribution is -0.145. The number of nitrogens with two attached hydrogens (primary N) is 2. The van der Waals surface area contributed by atoms with E-state index in [4.69, 9.17) is 11.5 Å². The highest BCUT2D eigenvalue weighted by Crippen LogP contribution is 2.39. The van der Waals surface area contributed by atoms with E-state index < -0.39 is 42.7 Å². The van der Waals surface area contributed by atoms with Crippen LogP contribution in [0.25, 0.3) is 0 Å². The van der Waals surface area contributed by atoms with Crippen LogP contribution in [0.15, 0.2) is 0 Å². The van der Waals surface area contributed by atoms with E-state index in [-0.39, 0.29) is 5.92 Å². The molecule has 0 heterocycles. The average Bonchev–Trinajstić information content (AvgIpc) is 2.97. The molecule has 104 valence electrons. The van der Waals surface area contributed by atoms with Crippen LogP contribution < -0.4 is 11.5 Å². The molecule has 0 bridgehead atoms. The molecule has 7 heteroatoms. The standard InChI is InChI=1S/C11H17F3N2O2/c12-11(13,14)4-3-7(9(15)17)8(10(16)18)5-6-1-2-6/h6-8H,1-5H2,(H2,15,17)(H2,16,18). The van der Waals surface area contributed by atoms with E-state index >= 15 is 0 Å². The second kappa shape index (κ2) is 5.58. The van der Waals surface area contributed by atoms with Crippen molar-refractivity contribution in [3.05, 3.63) is 0 Å². The molecule has 2 unspecified atom stereocenters. The predicted molar refractivity (Wildman–Crippen MR) is 58.0 cm³/mol. The number of carbonyl (C=O) groups excluding carboxylic acids is 2. The Morgan fingerprint density at radius 1 is 1.11 bits per heavy atom. The van der Waals surface area contributed by atoms with Gasteiger partial charge in [-0.3, -0.25) is 9.59 Å². The fraction of sp³-hybridized carbons (Fsp3) is 0.818. The summed E-state index contributed by atoms with van der Waals surface area (Å²) >= 11 is 0. The third-order valence-electron chi connectivity index (χ3n) is 3.24. The van der Waals surface area contributed by atoms with Gasteiger partial charge < -0.3 is 11.5 Å². The SMILES string of the molecule is NC(=O)C(CCC(F)(F)F)C(CC1CC1)C(N)=O. The molecule has 0 aromatic heterocycles. The second-order valence-electron chi connectivity index (χ2n) is 4.85. The first-order valence-corrected chi connectivity index (χ1v) is 5.86. The Morgan fingerprint density at radius 2 is 1.61 bits per heavy atom. The Kier molecular flexibility index (Phi) is 4.59. The number of hydrogen-bond donors (Lipinski definition) is 2. The van der Waals surface area contributed by atoms with Crippen LogP contribution in [0.5, 0.6) is 0 Å². The van der Waals surface area contributed by atoms with Crippen LogP contribution in [0.1, 0.15) is 32.1 Å². The lowest BCUT2D eigenvalue weighted by Crippen LogP contribution is -2.38. The molecule has 1 aliphatic carbocycles. The Bertz CT molecular complexity index is 327. The summed E-state index contributed by atoms with van der Waals surface area (Å²) in [6, 6.07) is 0. The van der Waals surface area contributed by atoms with Crippen LogP contribution in [-0.2, 0) is 9.59 Å². The molecule has 0 radical (unpaired) electrons. The van der Waals surface area contributed by atoms with Gasteiger partial charge >= 0.3 is 6.18 Å². The summed E-state index contributed by atoms with van der Waals surface area (Å²) in [6.07, 6.45) is -3.76. The number of primary amides is 2. The van der Waals surface area contributed by atoms with Crippen molar-refractivity contribution in [3.63, 3.8) is 0 Å².